The van der Waals surface area contributed by atoms with Crippen molar-refractivity contribution in [1.29, 1.82) is 0 Å². The van der Waals surface area contributed by atoms with Crippen molar-refractivity contribution in [3.8, 4) is 0 Å². The lowest BCUT2D eigenvalue weighted by molar-refractivity contribution is 0.352. The van der Waals surface area contributed by atoms with Crippen molar-refractivity contribution in [3.05, 3.63) is 12.7 Å². The van der Waals surface area contributed by atoms with Crippen LogP contribution >= 0.6 is 0 Å². The van der Waals surface area contributed by atoms with Crippen molar-refractivity contribution in [2.75, 3.05) is 6.61 Å². The van der Waals surface area contributed by atoms with Crippen LogP contribution in [0.25, 0.3) is 0 Å². The Kier molecular flexibility index (Phi) is 3.60. The van der Waals surface area contributed by atoms with E-state index in [9.17, 15) is 8.42 Å². The van der Waals surface area contributed by atoms with Crippen LogP contribution < -0.4 is 0 Å². The van der Waals surface area contributed by atoms with E-state index in [1.807, 2.05) is 0 Å². The molecule has 0 rings (SSSR count). The first-order chi connectivity index (χ1) is 4.50. The molecule has 0 amide bonds. The van der Waals surface area contributed by atoms with Gasteiger partial charge in [-0.3, -0.25) is 4.18 Å². The quantitative estimate of drug-likeness (QED) is 0.458. The minimum atomic E-state index is -3.33. The van der Waals surface area contributed by atoms with Crippen LogP contribution in [0, 0.1) is 0 Å². The van der Waals surface area contributed by atoms with Gasteiger partial charge in [0, 0.05) is 0 Å². The summed E-state index contributed by atoms with van der Waals surface area (Å²) in [5, 5.41) is -0.479. The summed E-state index contributed by atoms with van der Waals surface area (Å²) in [7, 11) is -3.33. The smallest absolute Gasteiger partial charge is 0.266 e. The number of hydrogen-bond donors (Lipinski definition) is 0. The molecule has 0 N–H and O–H groups in total. The van der Waals surface area contributed by atoms with Crippen LogP contribution in [0.15, 0.2) is 12.7 Å². The lowest BCUT2D eigenvalue weighted by Crippen LogP contribution is -2.16. The zero-order chi connectivity index (χ0) is 8.20. The molecule has 10 heavy (non-hydrogen) atoms. The Bertz CT molecular complexity index is 191. The van der Waals surface area contributed by atoms with Crippen LogP contribution in [0.2, 0.25) is 0 Å². The van der Waals surface area contributed by atoms with E-state index in [1.54, 1.807) is 13.8 Å². The highest BCUT2D eigenvalue weighted by Gasteiger charge is 2.14. The molecule has 0 spiro atoms. The van der Waals surface area contributed by atoms with Crippen molar-refractivity contribution in [2.24, 2.45) is 0 Å². The van der Waals surface area contributed by atoms with Crippen LogP contribution in [0.4, 0.5) is 0 Å². The molecule has 0 aromatic heterocycles. The molecule has 0 radical (unpaired) electrons. The molecule has 0 saturated carbocycles. The van der Waals surface area contributed by atoms with Crippen LogP contribution in [-0.4, -0.2) is 20.3 Å². The monoisotopic (exact) mass is 164 g/mol. The first kappa shape index (κ1) is 9.65. The molecule has 0 atom stereocenters. The highest BCUT2D eigenvalue weighted by Crippen LogP contribution is 2.01. The highest BCUT2D eigenvalue weighted by molar-refractivity contribution is 7.87. The molecule has 0 fully saturated rings. The SMILES string of the molecule is C=CCOS(=O)(=O)C(C)C. The number of hydrogen-bond acceptors (Lipinski definition) is 3. The fourth-order valence-corrected chi connectivity index (χ4v) is 0.837. The topological polar surface area (TPSA) is 43.4 Å². The fourth-order valence-electron chi connectivity index (χ4n) is 0.279. The second kappa shape index (κ2) is 3.73. The van der Waals surface area contributed by atoms with Gasteiger partial charge in [0.25, 0.3) is 10.1 Å². The van der Waals surface area contributed by atoms with Gasteiger partial charge in [-0.2, -0.15) is 8.42 Å². The zero-order valence-electron chi connectivity index (χ0n) is 6.20. The molecule has 0 saturated heterocycles. The third-order valence-electron chi connectivity index (χ3n) is 0.928. The molecule has 0 unspecified atom stereocenters. The van der Waals surface area contributed by atoms with E-state index in [2.05, 4.69) is 10.8 Å². The van der Waals surface area contributed by atoms with Gasteiger partial charge in [0.05, 0.1) is 11.9 Å². The van der Waals surface area contributed by atoms with Crippen LogP contribution in [0.1, 0.15) is 13.8 Å². The Morgan fingerprint density at radius 3 is 2.40 bits per heavy atom. The summed E-state index contributed by atoms with van der Waals surface area (Å²) in [6, 6.07) is 0. The zero-order valence-corrected chi connectivity index (χ0v) is 7.02. The number of rotatable bonds is 4. The van der Waals surface area contributed by atoms with Crippen molar-refractivity contribution in [2.45, 2.75) is 19.1 Å². The molecule has 0 aliphatic heterocycles. The first-order valence-electron chi connectivity index (χ1n) is 3.00. The van der Waals surface area contributed by atoms with E-state index >= 15 is 0 Å². The third kappa shape index (κ3) is 2.98. The average Bonchev–Trinajstić information content (AvgIpc) is 1.84. The van der Waals surface area contributed by atoms with Gasteiger partial charge < -0.3 is 0 Å². The summed E-state index contributed by atoms with van der Waals surface area (Å²) in [6.07, 6.45) is 1.40. The van der Waals surface area contributed by atoms with Gasteiger partial charge in [-0.25, -0.2) is 0 Å². The Hall–Kier alpha value is -0.350. The Morgan fingerprint density at radius 2 is 2.10 bits per heavy atom. The predicted octanol–water partition coefficient (Wildman–Crippen LogP) is 0.927. The van der Waals surface area contributed by atoms with Crippen LogP contribution in [0.5, 0.6) is 0 Å². The first-order valence-corrected chi connectivity index (χ1v) is 4.47. The van der Waals surface area contributed by atoms with Gasteiger partial charge in [0.1, 0.15) is 0 Å². The van der Waals surface area contributed by atoms with Crippen LogP contribution in [0.3, 0.4) is 0 Å². The molecular formula is C6H12O3S. The van der Waals surface area contributed by atoms with Crippen molar-refractivity contribution >= 4 is 10.1 Å². The normalized spacial score (nSPS) is 11.9. The van der Waals surface area contributed by atoms with E-state index in [1.165, 1.54) is 6.08 Å². The molecule has 0 bridgehead atoms. The van der Waals surface area contributed by atoms with Gasteiger partial charge in [-0.15, -0.1) is 6.58 Å². The lowest BCUT2D eigenvalue weighted by atomic mass is 10.6. The minimum absolute atomic E-state index is 0.0561. The van der Waals surface area contributed by atoms with Gasteiger partial charge in [-0.1, -0.05) is 6.08 Å². The van der Waals surface area contributed by atoms with Crippen molar-refractivity contribution in [1.82, 2.24) is 0 Å². The lowest BCUT2D eigenvalue weighted by Gasteiger charge is -2.04. The van der Waals surface area contributed by atoms with Crippen molar-refractivity contribution in [3.63, 3.8) is 0 Å². The van der Waals surface area contributed by atoms with E-state index in [0.717, 1.165) is 0 Å². The van der Waals surface area contributed by atoms with Gasteiger partial charge in [0.15, 0.2) is 0 Å². The van der Waals surface area contributed by atoms with E-state index in [4.69, 9.17) is 0 Å². The standard InChI is InChI=1S/C6H12O3S/c1-4-5-9-10(7,8)6(2)3/h4,6H,1,5H2,2-3H3. The Balaban J connectivity index is 4.02. The van der Waals surface area contributed by atoms with Crippen molar-refractivity contribution < 1.29 is 12.6 Å². The molecule has 0 aromatic rings. The minimum Gasteiger partial charge on any atom is -0.266 e. The van der Waals surface area contributed by atoms with Gasteiger partial charge in [-0.05, 0) is 13.8 Å². The largest absolute Gasteiger partial charge is 0.269 e. The molecule has 3 nitrogen and oxygen atoms in total. The second-order valence-corrected chi connectivity index (χ2v) is 4.28. The summed E-state index contributed by atoms with van der Waals surface area (Å²) in [5.41, 5.74) is 0. The summed E-state index contributed by atoms with van der Waals surface area (Å²) < 4.78 is 26.1. The molecule has 0 aliphatic rings. The molecule has 4 heteroatoms. The van der Waals surface area contributed by atoms with E-state index in [0.29, 0.717) is 0 Å². The highest BCUT2D eigenvalue weighted by atomic mass is 32.2. The predicted molar refractivity (Wildman–Crippen MR) is 40.2 cm³/mol. The summed E-state index contributed by atoms with van der Waals surface area (Å²) in [4.78, 5) is 0. The summed E-state index contributed by atoms with van der Waals surface area (Å²) in [6.45, 7) is 6.53. The van der Waals surface area contributed by atoms with Gasteiger partial charge in [0.2, 0.25) is 0 Å². The maximum absolute atomic E-state index is 10.8. The molecular weight excluding hydrogens is 152 g/mol. The summed E-state index contributed by atoms with van der Waals surface area (Å²) in [5.74, 6) is 0. The second-order valence-electron chi connectivity index (χ2n) is 2.11. The summed E-state index contributed by atoms with van der Waals surface area (Å²) >= 11 is 0. The molecule has 0 aromatic carbocycles. The van der Waals surface area contributed by atoms with Crippen LogP contribution in [-0.2, 0) is 14.3 Å². The Labute approximate surface area is 61.8 Å². The third-order valence-corrected chi connectivity index (χ3v) is 2.55. The van der Waals surface area contributed by atoms with E-state index < -0.39 is 15.4 Å². The molecule has 0 aliphatic carbocycles. The maximum atomic E-state index is 10.8. The van der Waals surface area contributed by atoms with Gasteiger partial charge >= 0.3 is 0 Å². The Morgan fingerprint density at radius 1 is 1.60 bits per heavy atom. The maximum Gasteiger partial charge on any atom is 0.269 e. The fraction of sp³-hybridized carbons (Fsp3) is 0.667. The molecule has 0 heterocycles. The average molecular weight is 164 g/mol. The van der Waals surface area contributed by atoms with E-state index in [-0.39, 0.29) is 6.61 Å². The molecule has 60 valence electrons.